The molecule has 5 nitrogen and oxygen atoms in total. The first kappa shape index (κ1) is 11.4. The van der Waals surface area contributed by atoms with Crippen molar-refractivity contribution in [3.8, 4) is 0 Å². The molecule has 1 N–H and O–H groups in total. The maximum atomic E-state index is 11.7. The smallest absolute Gasteiger partial charge is 0.241 e. The summed E-state index contributed by atoms with van der Waals surface area (Å²) in [5.74, 6) is 0.0711. The minimum absolute atomic E-state index is 0.0711. The fourth-order valence-corrected chi connectivity index (χ4v) is 1.33. The average Bonchev–Trinajstić information content (AvgIpc) is 2.26. The highest BCUT2D eigenvalue weighted by Gasteiger charge is 2.23. The summed E-state index contributed by atoms with van der Waals surface area (Å²) in [4.78, 5) is 13.4. The van der Waals surface area contributed by atoms with Crippen molar-refractivity contribution in [1.82, 2.24) is 10.2 Å². The van der Waals surface area contributed by atoms with Crippen LogP contribution in [-0.4, -0.2) is 63.9 Å². The van der Waals surface area contributed by atoms with Crippen LogP contribution in [0.4, 0.5) is 0 Å². The normalized spacial score (nSPS) is 22.0. The Kier molecular flexibility index (Phi) is 4.86. The molecule has 0 aromatic carbocycles. The molecule has 0 aromatic heterocycles. The van der Waals surface area contributed by atoms with E-state index >= 15 is 0 Å². The number of hydrogen-bond donors (Lipinski definition) is 1. The van der Waals surface area contributed by atoms with E-state index in [1.165, 1.54) is 0 Å². The molecule has 0 bridgehead atoms. The van der Waals surface area contributed by atoms with Crippen molar-refractivity contribution in [2.45, 2.75) is 6.04 Å². The Labute approximate surface area is 84.4 Å². The van der Waals surface area contributed by atoms with Crippen LogP contribution in [0.15, 0.2) is 0 Å². The maximum absolute atomic E-state index is 11.7. The van der Waals surface area contributed by atoms with Crippen molar-refractivity contribution in [3.63, 3.8) is 0 Å². The standard InChI is InChI=1S/C9H18N2O3/c1-11(4-6-13-2)9(12)8-7-14-5-3-10-8/h8,10H,3-7H2,1-2H3. The van der Waals surface area contributed by atoms with E-state index < -0.39 is 0 Å². The van der Waals surface area contributed by atoms with Gasteiger partial charge < -0.3 is 19.7 Å². The molecule has 5 heteroatoms. The molecular weight excluding hydrogens is 184 g/mol. The van der Waals surface area contributed by atoms with Crippen LogP contribution < -0.4 is 5.32 Å². The minimum Gasteiger partial charge on any atom is -0.383 e. The predicted octanol–water partition coefficient (Wildman–Crippen LogP) is -0.920. The Morgan fingerprint density at radius 1 is 1.71 bits per heavy atom. The van der Waals surface area contributed by atoms with Crippen molar-refractivity contribution in [3.05, 3.63) is 0 Å². The molecule has 0 spiro atoms. The van der Waals surface area contributed by atoms with Crippen LogP contribution in [-0.2, 0) is 14.3 Å². The molecule has 1 unspecified atom stereocenters. The average molecular weight is 202 g/mol. The van der Waals surface area contributed by atoms with Crippen molar-refractivity contribution in [2.75, 3.05) is 47.1 Å². The molecule has 0 aromatic rings. The van der Waals surface area contributed by atoms with E-state index in [-0.39, 0.29) is 11.9 Å². The number of hydrogen-bond acceptors (Lipinski definition) is 4. The van der Waals surface area contributed by atoms with Gasteiger partial charge in [0.1, 0.15) is 6.04 Å². The zero-order chi connectivity index (χ0) is 10.4. The summed E-state index contributed by atoms with van der Waals surface area (Å²) in [6, 6.07) is -0.189. The largest absolute Gasteiger partial charge is 0.383 e. The lowest BCUT2D eigenvalue weighted by molar-refractivity contribution is -0.135. The van der Waals surface area contributed by atoms with E-state index in [2.05, 4.69) is 5.32 Å². The molecule has 0 radical (unpaired) electrons. The molecule has 1 aliphatic heterocycles. The topological polar surface area (TPSA) is 50.8 Å². The molecule has 82 valence electrons. The summed E-state index contributed by atoms with van der Waals surface area (Å²) >= 11 is 0. The van der Waals surface area contributed by atoms with Crippen molar-refractivity contribution in [2.24, 2.45) is 0 Å². The lowest BCUT2D eigenvalue weighted by Gasteiger charge is -2.27. The van der Waals surface area contributed by atoms with Crippen LogP contribution in [0, 0.1) is 0 Å². The third-order valence-corrected chi connectivity index (χ3v) is 2.23. The Bertz CT molecular complexity index is 181. The number of rotatable bonds is 4. The Hall–Kier alpha value is -0.650. The number of likely N-dealkylation sites (N-methyl/N-ethyl adjacent to an activating group) is 1. The van der Waals surface area contributed by atoms with E-state index in [0.29, 0.717) is 26.4 Å². The highest BCUT2D eigenvalue weighted by molar-refractivity contribution is 5.81. The molecule has 0 saturated carbocycles. The van der Waals surface area contributed by atoms with E-state index in [1.807, 2.05) is 0 Å². The first-order chi connectivity index (χ1) is 6.75. The summed E-state index contributed by atoms with van der Waals surface area (Å²) in [7, 11) is 3.40. The molecule has 1 rings (SSSR count). The third-order valence-electron chi connectivity index (χ3n) is 2.23. The zero-order valence-electron chi connectivity index (χ0n) is 8.78. The molecule has 14 heavy (non-hydrogen) atoms. The summed E-state index contributed by atoms with van der Waals surface area (Å²) in [5, 5.41) is 3.12. The third kappa shape index (κ3) is 3.25. The van der Waals surface area contributed by atoms with Crippen molar-refractivity contribution < 1.29 is 14.3 Å². The van der Waals surface area contributed by atoms with Gasteiger partial charge in [0.25, 0.3) is 0 Å². The number of carbonyl (C=O) groups is 1. The quantitative estimate of drug-likeness (QED) is 0.640. The van der Waals surface area contributed by atoms with Gasteiger partial charge in [-0.05, 0) is 0 Å². The van der Waals surface area contributed by atoms with Crippen LogP contribution in [0.25, 0.3) is 0 Å². The van der Waals surface area contributed by atoms with Crippen LogP contribution >= 0.6 is 0 Å². The van der Waals surface area contributed by atoms with E-state index in [9.17, 15) is 4.79 Å². The van der Waals surface area contributed by atoms with Crippen LogP contribution in [0.2, 0.25) is 0 Å². The summed E-state index contributed by atoms with van der Waals surface area (Å²) in [6.45, 7) is 3.08. The molecule has 1 aliphatic rings. The van der Waals surface area contributed by atoms with Gasteiger partial charge in [-0.25, -0.2) is 0 Å². The fourth-order valence-electron chi connectivity index (χ4n) is 1.33. The van der Waals surface area contributed by atoms with Gasteiger partial charge in [-0.2, -0.15) is 0 Å². The molecule has 0 aliphatic carbocycles. The second kappa shape index (κ2) is 5.95. The fraction of sp³-hybridized carbons (Fsp3) is 0.889. The van der Waals surface area contributed by atoms with Gasteiger partial charge in [-0.1, -0.05) is 0 Å². The van der Waals surface area contributed by atoms with Crippen LogP contribution in [0.1, 0.15) is 0 Å². The first-order valence-corrected chi connectivity index (χ1v) is 4.80. The van der Waals surface area contributed by atoms with Gasteiger partial charge in [-0.3, -0.25) is 4.79 Å². The number of nitrogens with zero attached hydrogens (tertiary/aromatic N) is 1. The highest BCUT2D eigenvalue weighted by Crippen LogP contribution is 1.97. The summed E-state index contributed by atoms with van der Waals surface area (Å²) in [5.41, 5.74) is 0. The molecule has 1 saturated heterocycles. The van der Waals surface area contributed by atoms with Gasteiger partial charge in [0, 0.05) is 27.2 Å². The number of methoxy groups -OCH3 is 1. The highest BCUT2D eigenvalue weighted by atomic mass is 16.5. The van der Waals surface area contributed by atoms with Gasteiger partial charge in [0.15, 0.2) is 0 Å². The second-order valence-corrected chi connectivity index (χ2v) is 3.33. The summed E-state index contributed by atoms with van der Waals surface area (Å²) < 4.78 is 10.1. The molecule has 1 atom stereocenters. The molecule has 1 heterocycles. The first-order valence-electron chi connectivity index (χ1n) is 4.80. The predicted molar refractivity (Wildman–Crippen MR) is 52.1 cm³/mol. The Morgan fingerprint density at radius 3 is 3.07 bits per heavy atom. The van der Waals surface area contributed by atoms with E-state index in [0.717, 1.165) is 6.54 Å². The second-order valence-electron chi connectivity index (χ2n) is 3.33. The van der Waals surface area contributed by atoms with Gasteiger partial charge in [0.05, 0.1) is 19.8 Å². The Balaban J connectivity index is 2.30. The monoisotopic (exact) mass is 202 g/mol. The maximum Gasteiger partial charge on any atom is 0.241 e. The SMILES string of the molecule is COCCN(C)C(=O)C1COCCN1. The number of carbonyl (C=O) groups excluding carboxylic acids is 1. The van der Waals surface area contributed by atoms with Crippen molar-refractivity contribution >= 4 is 5.91 Å². The van der Waals surface area contributed by atoms with Gasteiger partial charge >= 0.3 is 0 Å². The number of amides is 1. The van der Waals surface area contributed by atoms with Gasteiger partial charge in [0.2, 0.25) is 5.91 Å². The van der Waals surface area contributed by atoms with Gasteiger partial charge in [-0.15, -0.1) is 0 Å². The van der Waals surface area contributed by atoms with E-state index in [4.69, 9.17) is 9.47 Å². The zero-order valence-corrected chi connectivity index (χ0v) is 8.78. The van der Waals surface area contributed by atoms with Crippen molar-refractivity contribution in [1.29, 1.82) is 0 Å². The number of nitrogens with one attached hydrogen (secondary N) is 1. The molecule has 1 amide bonds. The number of morpholine rings is 1. The minimum atomic E-state index is -0.189. The summed E-state index contributed by atoms with van der Waals surface area (Å²) in [6.07, 6.45) is 0. The lowest BCUT2D eigenvalue weighted by Crippen LogP contribution is -2.52. The number of ether oxygens (including phenoxy) is 2. The lowest BCUT2D eigenvalue weighted by atomic mass is 10.2. The van der Waals surface area contributed by atoms with E-state index in [1.54, 1.807) is 19.1 Å². The molecule has 1 fully saturated rings. The Morgan fingerprint density at radius 2 is 2.50 bits per heavy atom. The van der Waals surface area contributed by atoms with Crippen LogP contribution in [0.3, 0.4) is 0 Å². The van der Waals surface area contributed by atoms with Crippen LogP contribution in [0.5, 0.6) is 0 Å². The molecular formula is C9H18N2O3.